The van der Waals surface area contributed by atoms with Gasteiger partial charge < -0.3 is 0 Å². The summed E-state index contributed by atoms with van der Waals surface area (Å²) in [7, 11) is 0. The van der Waals surface area contributed by atoms with Gasteiger partial charge in [0, 0.05) is 0 Å². The first-order chi connectivity index (χ1) is 38.8. The van der Waals surface area contributed by atoms with Crippen LogP contribution in [0.2, 0.25) is 0 Å². The molecular weight excluding hydrogens is 937 g/mol. The molecule has 0 spiro atoms. The van der Waals surface area contributed by atoms with E-state index in [0.717, 1.165) is 0 Å². The molecule has 0 aliphatic heterocycles. The van der Waals surface area contributed by atoms with E-state index in [9.17, 15) is 0 Å². The highest BCUT2D eigenvalue weighted by molar-refractivity contribution is 5.35. The van der Waals surface area contributed by atoms with E-state index in [0.29, 0.717) is 0 Å². The zero-order valence-electron chi connectivity index (χ0n) is 54.9. The number of hydrogen-bond donors (Lipinski definition) is 0. The van der Waals surface area contributed by atoms with Crippen LogP contribution in [0.1, 0.15) is 461 Å². The lowest BCUT2D eigenvalue weighted by atomic mass is 9.90. The summed E-state index contributed by atoms with van der Waals surface area (Å²) in [6.45, 7) is 6.96. The Balaban J connectivity index is 2.25. The Hall–Kier alpha value is -0.780. The minimum Gasteiger partial charge on any atom is -0.0654 e. The van der Waals surface area contributed by atoms with Gasteiger partial charge in [0.05, 0.1) is 0 Å². The van der Waals surface area contributed by atoms with Gasteiger partial charge in [0.25, 0.3) is 0 Å². The Morgan fingerprint density at radius 2 is 0.295 bits per heavy atom. The summed E-state index contributed by atoms with van der Waals surface area (Å²) in [6.07, 6.45) is 100. The normalized spacial score (nSPS) is 11.7. The van der Waals surface area contributed by atoms with E-state index in [-0.39, 0.29) is 0 Å². The van der Waals surface area contributed by atoms with Crippen molar-refractivity contribution in [3.63, 3.8) is 0 Å². The summed E-state index contributed by atoms with van der Waals surface area (Å²) in [5.74, 6) is 0. The van der Waals surface area contributed by atoms with Crippen molar-refractivity contribution in [2.75, 3.05) is 0 Å². The lowest BCUT2D eigenvalue weighted by Gasteiger charge is -2.15. The fraction of sp³-hybridized carbons (Fsp3) is 0.923. The topological polar surface area (TPSA) is 0 Å². The second kappa shape index (κ2) is 67.0. The number of rotatable bonds is 69. The molecule has 461 valence electrons. The molecule has 0 aromatic heterocycles. The molecular formula is C78H149. The molecule has 0 heterocycles. The minimum absolute atomic E-state index is 1.29. The molecule has 1 aromatic carbocycles. The standard InChI is InChI=1S/C78H149/c1-4-7-10-13-16-19-22-25-28-31-34-37-40-43-46-49-52-55-58-61-64-67-71-76-73-70-74-77(72-68-65-62-59-56-53-50-47-44-41-38-35-32-29-26-23-20-17-14-11-8-5-2)78(76)75-69-66-63-60-57-54-51-48-45-42-39-36-33-30-27-24-21-18-15-12-9-6-3/h73-74H,4-69,71-72,75H2,1-3H3. The fourth-order valence-corrected chi connectivity index (χ4v) is 13.1. The highest BCUT2D eigenvalue weighted by atomic mass is 14.2. The molecule has 0 fully saturated rings. The van der Waals surface area contributed by atoms with Gasteiger partial charge in [-0.05, 0) is 61.3 Å². The monoisotopic (exact) mass is 1090 g/mol. The maximum atomic E-state index is 3.67. The Morgan fingerprint density at radius 3 is 0.449 bits per heavy atom. The molecule has 0 aliphatic carbocycles. The first kappa shape index (κ1) is 75.2. The van der Waals surface area contributed by atoms with Crippen LogP contribution in [0.4, 0.5) is 0 Å². The van der Waals surface area contributed by atoms with Gasteiger partial charge >= 0.3 is 0 Å². The zero-order valence-corrected chi connectivity index (χ0v) is 54.9. The van der Waals surface area contributed by atoms with Gasteiger partial charge in [0.1, 0.15) is 0 Å². The molecule has 0 aliphatic rings. The molecule has 0 nitrogen and oxygen atoms in total. The fourth-order valence-electron chi connectivity index (χ4n) is 13.1. The van der Waals surface area contributed by atoms with Crippen LogP contribution in [0.25, 0.3) is 0 Å². The molecule has 78 heavy (non-hydrogen) atoms. The van der Waals surface area contributed by atoms with Crippen molar-refractivity contribution in [3.05, 3.63) is 34.9 Å². The van der Waals surface area contributed by atoms with Crippen LogP contribution in [-0.4, -0.2) is 0 Å². The maximum Gasteiger partial charge on any atom is -0.0178 e. The Kier molecular flexibility index (Phi) is 64.6. The summed E-state index contributed by atoms with van der Waals surface area (Å²) in [5, 5.41) is 0. The van der Waals surface area contributed by atoms with Crippen LogP contribution in [0, 0.1) is 6.07 Å². The van der Waals surface area contributed by atoms with Crippen LogP contribution in [0.3, 0.4) is 0 Å². The molecule has 1 rings (SSSR count). The van der Waals surface area contributed by atoms with Crippen LogP contribution >= 0.6 is 0 Å². The molecule has 0 saturated carbocycles. The minimum atomic E-state index is 1.29. The van der Waals surface area contributed by atoms with Crippen molar-refractivity contribution in [3.8, 4) is 0 Å². The van der Waals surface area contributed by atoms with E-state index >= 15 is 0 Å². The third-order valence-corrected chi connectivity index (χ3v) is 18.7. The third kappa shape index (κ3) is 57.1. The Bertz CT molecular complexity index is 1140. The van der Waals surface area contributed by atoms with Gasteiger partial charge in [-0.15, -0.1) is 0 Å². The first-order valence-electron chi connectivity index (χ1n) is 37.8. The van der Waals surface area contributed by atoms with Gasteiger partial charge in [0.2, 0.25) is 0 Å². The highest BCUT2D eigenvalue weighted by Gasteiger charge is 2.10. The second-order valence-electron chi connectivity index (χ2n) is 26.5. The van der Waals surface area contributed by atoms with E-state index in [1.807, 2.05) is 0 Å². The predicted octanol–water partition coefficient (Wildman–Crippen LogP) is 28.9. The average Bonchev–Trinajstić information content (AvgIpc) is 3.46. The highest BCUT2D eigenvalue weighted by Crippen LogP contribution is 2.25. The molecule has 0 atom stereocenters. The molecule has 0 heteroatoms. The van der Waals surface area contributed by atoms with Crippen molar-refractivity contribution >= 4 is 0 Å². The van der Waals surface area contributed by atoms with Gasteiger partial charge in [0.15, 0.2) is 0 Å². The maximum absolute atomic E-state index is 3.67. The molecule has 0 saturated heterocycles. The number of unbranched alkanes of at least 4 members (excludes halogenated alkanes) is 63. The molecule has 0 unspecified atom stereocenters. The van der Waals surface area contributed by atoms with Crippen LogP contribution < -0.4 is 0 Å². The summed E-state index contributed by atoms with van der Waals surface area (Å²) in [6, 6.07) is 8.49. The Labute approximate surface area is 496 Å². The summed E-state index contributed by atoms with van der Waals surface area (Å²) >= 11 is 0. The van der Waals surface area contributed by atoms with Crippen molar-refractivity contribution in [1.82, 2.24) is 0 Å². The SMILES string of the molecule is CCCCCCCCCCCCCCCCCCCCCCCCc1c[c]cc(CCCCCCCCCCCCCCCCCCCCCCCC)c1CCCCCCCCCCCCCCCCCCCCCCCC. The number of hydrogen-bond acceptors (Lipinski definition) is 0. The molecule has 1 radical (unpaired) electrons. The van der Waals surface area contributed by atoms with Gasteiger partial charge in [-0.1, -0.05) is 437 Å². The van der Waals surface area contributed by atoms with Gasteiger partial charge in [-0.2, -0.15) is 0 Å². The smallest absolute Gasteiger partial charge is 0.0178 e. The van der Waals surface area contributed by atoms with Crippen LogP contribution in [0.15, 0.2) is 12.1 Å². The van der Waals surface area contributed by atoms with Crippen molar-refractivity contribution in [1.29, 1.82) is 0 Å². The predicted molar refractivity (Wildman–Crippen MR) is 358 cm³/mol. The Morgan fingerprint density at radius 1 is 0.167 bits per heavy atom. The summed E-state index contributed by atoms with van der Waals surface area (Å²) in [5.41, 5.74) is 5.10. The van der Waals surface area contributed by atoms with Gasteiger partial charge in [-0.3, -0.25) is 0 Å². The molecule has 1 aromatic rings. The third-order valence-electron chi connectivity index (χ3n) is 18.7. The van der Waals surface area contributed by atoms with Crippen molar-refractivity contribution in [2.24, 2.45) is 0 Å². The number of benzene rings is 1. The molecule has 0 amide bonds. The molecule has 0 N–H and O–H groups in total. The first-order valence-corrected chi connectivity index (χ1v) is 37.8. The number of aryl methyl sites for hydroxylation is 2. The second-order valence-corrected chi connectivity index (χ2v) is 26.5. The largest absolute Gasteiger partial charge is 0.0654 e. The van der Waals surface area contributed by atoms with E-state index in [4.69, 9.17) is 0 Å². The van der Waals surface area contributed by atoms with E-state index < -0.39 is 0 Å². The van der Waals surface area contributed by atoms with Crippen LogP contribution in [-0.2, 0) is 19.3 Å². The molecule has 0 bridgehead atoms. The lowest BCUT2D eigenvalue weighted by Crippen LogP contribution is -2.02. The quantitative estimate of drug-likeness (QED) is 0.0571. The van der Waals surface area contributed by atoms with E-state index in [2.05, 4.69) is 39.0 Å². The van der Waals surface area contributed by atoms with Crippen molar-refractivity contribution in [2.45, 2.75) is 464 Å². The van der Waals surface area contributed by atoms with E-state index in [1.54, 1.807) is 16.7 Å². The average molecular weight is 1090 g/mol. The van der Waals surface area contributed by atoms with Gasteiger partial charge in [-0.25, -0.2) is 0 Å². The van der Waals surface area contributed by atoms with E-state index in [1.165, 1.54) is 443 Å². The zero-order chi connectivity index (χ0) is 55.6. The van der Waals surface area contributed by atoms with Crippen LogP contribution in [0.5, 0.6) is 0 Å². The van der Waals surface area contributed by atoms with Crippen molar-refractivity contribution < 1.29 is 0 Å². The summed E-state index contributed by atoms with van der Waals surface area (Å²) in [4.78, 5) is 0. The summed E-state index contributed by atoms with van der Waals surface area (Å²) < 4.78 is 0. The lowest BCUT2D eigenvalue weighted by molar-refractivity contribution is 0.518.